The lowest BCUT2D eigenvalue weighted by atomic mass is 9.94. The minimum absolute atomic E-state index is 0.0106. The molecule has 0 saturated heterocycles. The van der Waals surface area contributed by atoms with Crippen LogP contribution in [0.15, 0.2) is 52.3 Å². The first-order chi connectivity index (χ1) is 16.8. The van der Waals surface area contributed by atoms with E-state index < -0.39 is 17.8 Å². The standard InChI is InChI=1S/C24H26F3N5O2S/c1-32(17-7-3-2-4-8-17)21-12-20(24(25,26)27)30-23(31-21)35-15-18-9-10-19(34-18)22(33)29-14-16-6-5-11-28-13-16/h5-6,9-13,17H,2-4,7-8,14-15H2,1H3,(H,29,33). The zero-order valence-corrected chi connectivity index (χ0v) is 20.0. The van der Waals surface area contributed by atoms with Gasteiger partial charge < -0.3 is 14.6 Å². The van der Waals surface area contributed by atoms with Crippen LogP contribution < -0.4 is 10.2 Å². The molecule has 7 nitrogen and oxygen atoms in total. The highest BCUT2D eigenvalue weighted by molar-refractivity contribution is 7.98. The molecule has 1 amide bonds. The predicted octanol–water partition coefficient (Wildman–Crippen LogP) is 5.47. The van der Waals surface area contributed by atoms with Gasteiger partial charge in [0.15, 0.2) is 16.6 Å². The second kappa shape index (κ2) is 11.1. The van der Waals surface area contributed by atoms with Crippen molar-refractivity contribution in [1.29, 1.82) is 0 Å². The number of nitrogens with one attached hydrogen (secondary N) is 1. The van der Waals surface area contributed by atoms with E-state index in [9.17, 15) is 18.0 Å². The topological polar surface area (TPSA) is 84.2 Å². The number of hydrogen-bond acceptors (Lipinski definition) is 7. The van der Waals surface area contributed by atoms with Crippen LogP contribution in [0.3, 0.4) is 0 Å². The molecular formula is C24H26F3N5O2S. The first kappa shape index (κ1) is 25.0. The number of thioether (sulfide) groups is 1. The van der Waals surface area contributed by atoms with E-state index >= 15 is 0 Å². The molecule has 0 spiro atoms. The molecule has 3 aromatic heterocycles. The van der Waals surface area contributed by atoms with E-state index in [0.717, 1.165) is 55.5 Å². The first-order valence-corrected chi connectivity index (χ1v) is 12.4. The van der Waals surface area contributed by atoms with Crippen molar-refractivity contribution in [1.82, 2.24) is 20.3 Å². The van der Waals surface area contributed by atoms with Crippen LogP contribution in [-0.4, -0.2) is 33.9 Å². The molecule has 0 aliphatic heterocycles. The number of carbonyl (C=O) groups excluding carboxylic acids is 1. The second-order valence-electron chi connectivity index (χ2n) is 8.39. The maximum atomic E-state index is 13.5. The summed E-state index contributed by atoms with van der Waals surface area (Å²) in [6, 6.07) is 7.94. The van der Waals surface area contributed by atoms with E-state index in [2.05, 4.69) is 20.3 Å². The zero-order chi connectivity index (χ0) is 24.8. The molecule has 35 heavy (non-hydrogen) atoms. The molecule has 1 aliphatic carbocycles. The Balaban J connectivity index is 1.42. The number of pyridine rings is 1. The maximum absolute atomic E-state index is 13.5. The van der Waals surface area contributed by atoms with Gasteiger partial charge in [-0.1, -0.05) is 37.1 Å². The summed E-state index contributed by atoms with van der Waals surface area (Å²) in [5.74, 6) is 0.606. The molecule has 0 unspecified atom stereocenters. The molecule has 1 aliphatic rings. The Morgan fingerprint density at radius 2 is 2.00 bits per heavy atom. The Morgan fingerprint density at radius 1 is 1.20 bits per heavy atom. The summed E-state index contributed by atoms with van der Waals surface area (Å²) in [5, 5.41) is 2.75. The lowest BCUT2D eigenvalue weighted by molar-refractivity contribution is -0.141. The van der Waals surface area contributed by atoms with Gasteiger partial charge in [0.1, 0.15) is 11.6 Å². The highest BCUT2D eigenvalue weighted by Crippen LogP contribution is 2.34. The monoisotopic (exact) mass is 505 g/mol. The van der Waals surface area contributed by atoms with Crippen LogP contribution in [0.1, 0.15) is 59.7 Å². The Bertz CT molecular complexity index is 1130. The molecule has 0 radical (unpaired) electrons. The SMILES string of the molecule is CN(c1cc(C(F)(F)F)nc(SCc2ccc(C(=O)NCc3cccnc3)o2)n1)C1CCCCC1. The van der Waals surface area contributed by atoms with E-state index in [1.54, 1.807) is 31.6 Å². The fourth-order valence-electron chi connectivity index (χ4n) is 3.94. The third-order valence-corrected chi connectivity index (χ3v) is 6.74. The van der Waals surface area contributed by atoms with Crippen LogP contribution in [0, 0.1) is 0 Å². The Hall–Kier alpha value is -3.08. The molecule has 1 fully saturated rings. The van der Waals surface area contributed by atoms with Gasteiger partial charge in [-0.25, -0.2) is 9.97 Å². The van der Waals surface area contributed by atoms with Crippen molar-refractivity contribution in [2.45, 2.75) is 61.8 Å². The number of furan rings is 1. The van der Waals surface area contributed by atoms with Gasteiger partial charge in [0.2, 0.25) is 0 Å². The molecule has 1 N–H and O–H groups in total. The molecule has 0 bridgehead atoms. The van der Waals surface area contributed by atoms with E-state index in [-0.39, 0.29) is 28.5 Å². The maximum Gasteiger partial charge on any atom is 0.433 e. The van der Waals surface area contributed by atoms with Crippen molar-refractivity contribution in [3.63, 3.8) is 0 Å². The molecule has 0 aromatic carbocycles. The molecule has 11 heteroatoms. The van der Waals surface area contributed by atoms with Crippen LogP contribution >= 0.6 is 11.8 Å². The summed E-state index contributed by atoms with van der Waals surface area (Å²) in [6.45, 7) is 0.298. The zero-order valence-electron chi connectivity index (χ0n) is 19.2. The number of aromatic nitrogens is 3. The summed E-state index contributed by atoms with van der Waals surface area (Å²) in [5.41, 5.74) is -0.124. The lowest BCUT2D eigenvalue weighted by Gasteiger charge is -2.32. The summed E-state index contributed by atoms with van der Waals surface area (Å²) in [4.78, 5) is 26.3. The average Bonchev–Trinajstić information content (AvgIpc) is 3.35. The number of amides is 1. The van der Waals surface area contributed by atoms with E-state index in [4.69, 9.17) is 4.42 Å². The van der Waals surface area contributed by atoms with Gasteiger partial charge in [0.25, 0.3) is 5.91 Å². The highest BCUT2D eigenvalue weighted by atomic mass is 32.2. The minimum atomic E-state index is -4.58. The highest BCUT2D eigenvalue weighted by Gasteiger charge is 2.34. The fraction of sp³-hybridized carbons (Fsp3) is 0.417. The third kappa shape index (κ3) is 6.74. The van der Waals surface area contributed by atoms with Crippen molar-refractivity contribution in [2.75, 3.05) is 11.9 Å². The lowest BCUT2D eigenvalue weighted by Crippen LogP contribution is -2.34. The van der Waals surface area contributed by atoms with Crippen LogP contribution in [-0.2, 0) is 18.5 Å². The first-order valence-electron chi connectivity index (χ1n) is 11.4. The summed E-state index contributed by atoms with van der Waals surface area (Å²) >= 11 is 1.03. The molecule has 4 rings (SSSR count). The number of rotatable bonds is 8. The second-order valence-corrected chi connectivity index (χ2v) is 9.34. The van der Waals surface area contributed by atoms with Crippen LogP contribution in [0.25, 0.3) is 0 Å². The number of anilines is 1. The Kier molecular flexibility index (Phi) is 7.94. The minimum Gasteiger partial charge on any atom is -0.455 e. The summed E-state index contributed by atoms with van der Waals surface area (Å²) in [7, 11) is 1.79. The third-order valence-electron chi connectivity index (χ3n) is 5.87. The number of alkyl halides is 3. The van der Waals surface area contributed by atoms with Gasteiger partial charge in [-0.05, 0) is 36.6 Å². The van der Waals surface area contributed by atoms with Gasteiger partial charge in [0, 0.05) is 38.1 Å². The van der Waals surface area contributed by atoms with E-state index in [1.165, 1.54) is 6.07 Å². The average molecular weight is 506 g/mol. The van der Waals surface area contributed by atoms with E-state index in [1.807, 2.05) is 11.0 Å². The number of nitrogens with zero attached hydrogens (tertiary/aromatic N) is 4. The van der Waals surface area contributed by atoms with Crippen LogP contribution in [0.2, 0.25) is 0 Å². The van der Waals surface area contributed by atoms with Gasteiger partial charge in [0.05, 0.1) is 5.75 Å². The summed E-state index contributed by atoms with van der Waals surface area (Å²) < 4.78 is 46.1. The van der Waals surface area contributed by atoms with Crippen molar-refractivity contribution >= 4 is 23.5 Å². The molecule has 1 saturated carbocycles. The van der Waals surface area contributed by atoms with Crippen LogP contribution in [0.4, 0.5) is 19.0 Å². The Morgan fingerprint density at radius 3 is 2.71 bits per heavy atom. The van der Waals surface area contributed by atoms with Crippen molar-refractivity contribution in [3.05, 3.63) is 65.5 Å². The fourth-order valence-corrected chi connectivity index (χ4v) is 4.69. The molecular weight excluding hydrogens is 479 g/mol. The smallest absolute Gasteiger partial charge is 0.433 e. The molecule has 186 valence electrons. The van der Waals surface area contributed by atoms with E-state index in [0.29, 0.717) is 12.3 Å². The van der Waals surface area contributed by atoms with Gasteiger partial charge in [-0.15, -0.1) is 0 Å². The number of carbonyl (C=O) groups is 1. The number of halogens is 3. The predicted molar refractivity (Wildman–Crippen MR) is 126 cm³/mol. The Labute approximate surface area is 205 Å². The quantitative estimate of drug-likeness (QED) is 0.321. The molecule has 3 aromatic rings. The van der Waals surface area contributed by atoms with Crippen molar-refractivity contribution in [3.8, 4) is 0 Å². The molecule has 3 heterocycles. The van der Waals surface area contributed by atoms with Gasteiger partial charge in [-0.2, -0.15) is 13.2 Å². The van der Waals surface area contributed by atoms with Crippen molar-refractivity contribution < 1.29 is 22.4 Å². The largest absolute Gasteiger partial charge is 0.455 e. The normalized spacial score (nSPS) is 14.6. The van der Waals surface area contributed by atoms with Gasteiger partial charge >= 0.3 is 6.18 Å². The summed E-state index contributed by atoms with van der Waals surface area (Å²) in [6.07, 6.45) is 3.85. The number of hydrogen-bond donors (Lipinski definition) is 1. The van der Waals surface area contributed by atoms with Crippen molar-refractivity contribution in [2.24, 2.45) is 0 Å². The van der Waals surface area contributed by atoms with Gasteiger partial charge in [-0.3, -0.25) is 9.78 Å². The van der Waals surface area contributed by atoms with Crippen LogP contribution in [0.5, 0.6) is 0 Å². The molecule has 0 atom stereocenters.